The van der Waals surface area contributed by atoms with Crippen molar-refractivity contribution >= 4 is 23.2 Å². The summed E-state index contributed by atoms with van der Waals surface area (Å²) in [5.41, 5.74) is 8.87. The number of halogens is 1. The Hall–Kier alpha value is -2.00. The van der Waals surface area contributed by atoms with Gasteiger partial charge in [-0.2, -0.15) is 0 Å². The second-order valence-electron chi connectivity index (χ2n) is 4.88. The highest BCUT2D eigenvalue weighted by molar-refractivity contribution is 6.31. The molecule has 0 aliphatic heterocycles. The summed E-state index contributed by atoms with van der Waals surface area (Å²) in [6.45, 7) is 2.38. The van der Waals surface area contributed by atoms with Gasteiger partial charge in [0.05, 0.1) is 0 Å². The van der Waals surface area contributed by atoms with Crippen molar-refractivity contribution in [2.75, 3.05) is 12.8 Å². The molecule has 4 heteroatoms. The summed E-state index contributed by atoms with van der Waals surface area (Å²) >= 11 is 6.11. The van der Waals surface area contributed by atoms with Gasteiger partial charge in [0.2, 0.25) is 0 Å². The Morgan fingerprint density at radius 1 is 1.25 bits per heavy atom. The number of benzene rings is 2. The predicted octanol–water partition coefficient (Wildman–Crippen LogP) is 3.50. The van der Waals surface area contributed by atoms with E-state index in [0.717, 1.165) is 11.1 Å². The van der Waals surface area contributed by atoms with Gasteiger partial charge in [-0.3, -0.25) is 4.79 Å². The first-order valence-electron chi connectivity index (χ1n) is 6.33. The summed E-state index contributed by atoms with van der Waals surface area (Å²) in [6.07, 6.45) is 0. The highest BCUT2D eigenvalue weighted by atomic mass is 35.5. The molecule has 0 spiro atoms. The number of rotatable bonds is 3. The van der Waals surface area contributed by atoms with Gasteiger partial charge in [0.15, 0.2) is 0 Å². The van der Waals surface area contributed by atoms with Crippen molar-refractivity contribution in [3.05, 3.63) is 64.2 Å². The molecule has 104 valence electrons. The SMILES string of the molecule is Cc1cc(N)cc(C(=O)N(C)Cc2ccccc2Cl)c1. The summed E-state index contributed by atoms with van der Waals surface area (Å²) in [4.78, 5) is 14.0. The lowest BCUT2D eigenvalue weighted by Gasteiger charge is -2.18. The van der Waals surface area contributed by atoms with Crippen molar-refractivity contribution in [3.63, 3.8) is 0 Å². The second kappa shape index (κ2) is 5.97. The first-order valence-corrected chi connectivity index (χ1v) is 6.71. The van der Waals surface area contributed by atoms with Crippen LogP contribution in [0.4, 0.5) is 5.69 Å². The van der Waals surface area contributed by atoms with Crippen LogP contribution in [0.25, 0.3) is 0 Å². The highest BCUT2D eigenvalue weighted by Gasteiger charge is 2.14. The molecule has 0 aliphatic carbocycles. The van der Waals surface area contributed by atoms with E-state index in [4.69, 9.17) is 17.3 Å². The van der Waals surface area contributed by atoms with Crippen molar-refractivity contribution in [1.29, 1.82) is 0 Å². The highest BCUT2D eigenvalue weighted by Crippen LogP contribution is 2.18. The van der Waals surface area contributed by atoms with Crippen LogP contribution in [0.5, 0.6) is 0 Å². The fraction of sp³-hybridized carbons (Fsp3) is 0.188. The third-order valence-electron chi connectivity index (χ3n) is 3.06. The number of carbonyl (C=O) groups is 1. The van der Waals surface area contributed by atoms with E-state index in [9.17, 15) is 4.79 Å². The zero-order chi connectivity index (χ0) is 14.7. The molecule has 1 amide bonds. The summed E-state index contributed by atoms with van der Waals surface area (Å²) < 4.78 is 0. The molecule has 2 aromatic carbocycles. The average molecular weight is 289 g/mol. The number of amides is 1. The predicted molar refractivity (Wildman–Crippen MR) is 82.8 cm³/mol. The minimum Gasteiger partial charge on any atom is -0.399 e. The Morgan fingerprint density at radius 3 is 2.60 bits per heavy atom. The molecule has 0 radical (unpaired) electrons. The maximum atomic E-state index is 12.4. The molecule has 2 N–H and O–H groups in total. The van der Waals surface area contributed by atoms with Gasteiger partial charge in [0.1, 0.15) is 0 Å². The Kier molecular flexibility index (Phi) is 4.30. The van der Waals surface area contributed by atoms with Crippen LogP contribution in [0.1, 0.15) is 21.5 Å². The van der Waals surface area contributed by atoms with Crippen LogP contribution in [0, 0.1) is 6.92 Å². The maximum absolute atomic E-state index is 12.4. The molecule has 0 aromatic heterocycles. The summed E-state index contributed by atoms with van der Waals surface area (Å²) in [5, 5.41) is 0.663. The van der Waals surface area contributed by atoms with E-state index < -0.39 is 0 Å². The molecule has 0 saturated heterocycles. The molecular formula is C16H17ClN2O. The first kappa shape index (κ1) is 14.4. The molecule has 0 fully saturated rings. The smallest absolute Gasteiger partial charge is 0.253 e. The summed E-state index contributed by atoms with van der Waals surface area (Å²) in [6, 6.07) is 12.9. The van der Waals surface area contributed by atoms with Crippen molar-refractivity contribution in [2.45, 2.75) is 13.5 Å². The number of aryl methyl sites for hydroxylation is 1. The lowest BCUT2D eigenvalue weighted by Crippen LogP contribution is -2.26. The van der Waals surface area contributed by atoms with E-state index >= 15 is 0 Å². The number of anilines is 1. The number of hydrogen-bond donors (Lipinski definition) is 1. The largest absolute Gasteiger partial charge is 0.399 e. The molecule has 0 unspecified atom stereocenters. The van der Waals surface area contributed by atoms with Crippen molar-refractivity contribution < 1.29 is 4.79 Å². The fourth-order valence-corrected chi connectivity index (χ4v) is 2.31. The minimum atomic E-state index is -0.0691. The zero-order valence-corrected chi connectivity index (χ0v) is 12.3. The third kappa shape index (κ3) is 3.31. The molecular weight excluding hydrogens is 272 g/mol. The molecule has 2 rings (SSSR count). The molecule has 0 atom stereocenters. The van der Waals surface area contributed by atoms with Crippen LogP contribution in [0.3, 0.4) is 0 Å². The first-order chi connectivity index (χ1) is 9.47. The lowest BCUT2D eigenvalue weighted by molar-refractivity contribution is 0.0785. The fourth-order valence-electron chi connectivity index (χ4n) is 2.11. The van der Waals surface area contributed by atoms with Gasteiger partial charge in [0.25, 0.3) is 5.91 Å². The van der Waals surface area contributed by atoms with Gasteiger partial charge in [-0.25, -0.2) is 0 Å². The summed E-state index contributed by atoms with van der Waals surface area (Å²) in [5.74, 6) is -0.0691. The van der Waals surface area contributed by atoms with Crippen LogP contribution < -0.4 is 5.73 Å². The molecule has 2 aromatic rings. The molecule has 0 bridgehead atoms. The number of nitrogen functional groups attached to an aromatic ring is 1. The van der Waals surface area contributed by atoms with Gasteiger partial charge < -0.3 is 10.6 Å². The molecule has 0 saturated carbocycles. The number of carbonyl (C=O) groups excluding carboxylic acids is 1. The van der Waals surface area contributed by atoms with Crippen LogP contribution >= 0.6 is 11.6 Å². The van der Waals surface area contributed by atoms with E-state index in [1.165, 1.54) is 0 Å². The van der Waals surface area contributed by atoms with Crippen LogP contribution in [-0.4, -0.2) is 17.9 Å². The Labute approximate surface area is 124 Å². The van der Waals surface area contributed by atoms with Gasteiger partial charge in [-0.05, 0) is 42.3 Å². The normalized spacial score (nSPS) is 10.3. The number of hydrogen-bond acceptors (Lipinski definition) is 2. The van der Waals surface area contributed by atoms with Gasteiger partial charge in [0, 0.05) is 29.9 Å². The van der Waals surface area contributed by atoms with Crippen LogP contribution in [0.15, 0.2) is 42.5 Å². The van der Waals surface area contributed by atoms with Crippen molar-refractivity contribution in [3.8, 4) is 0 Å². The number of nitrogens with zero attached hydrogens (tertiary/aromatic N) is 1. The van der Waals surface area contributed by atoms with E-state index in [1.54, 1.807) is 18.0 Å². The standard InChI is InChI=1S/C16H17ClN2O/c1-11-7-13(9-14(18)8-11)16(20)19(2)10-12-5-3-4-6-15(12)17/h3-9H,10,18H2,1-2H3. The maximum Gasteiger partial charge on any atom is 0.253 e. The Balaban J connectivity index is 2.18. The molecule has 0 aliphatic rings. The minimum absolute atomic E-state index is 0.0691. The van der Waals surface area contributed by atoms with E-state index in [2.05, 4.69) is 0 Å². The van der Waals surface area contributed by atoms with Gasteiger partial charge in [-0.15, -0.1) is 0 Å². The van der Waals surface area contributed by atoms with E-state index in [-0.39, 0.29) is 5.91 Å². The van der Waals surface area contributed by atoms with Gasteiger partial charge in [-0.1, -0.05) is 29.8 Å². The van der Waals surface area contributed by atoms with Crippen molar-refractivity contribution in [1.82, 2.24) is 4.90 Å². The van der Waals surface area contributed by atoms with E-state index in [0.29, 0.717) is 22.8 Å². The quantitative estimate of drug-likeness (QED) is 0.879. The third-order valence-corrected chi connectivity index (χ3v) is 3.43. The van der Waals surface area contributed by atoms with Crippen LogP contribution in [0.2, 0.25) is 5.02 Å². The number of nitrogens with two attached hydrogens (primary N) is 1. The molecule has 0 heterocycles. The van der Waals surface area contributed by atoms with Gasteiger partial charge >= 0.3 is 0 Å². The Bertz CT molecular complexity index is 620. The molecule has 20 heavy (non-hydrogen) atoms. The summed E-state index contributed by atoms with van der Waals surface area (Å²) in [7, 11) is 1.75. The monoisotopic (exact) mass is 288 g/mol. The lowest BCUT2D eigenvalue weighted by atomic mass is 10.1. The Morgan fingerprint density at radius 2 is 1.95 bits per heavy atom. The van der Waals surface area contributed by atoms with Crippen molar-refractivity contribution in [2.24, 2.45) is 0 Å². The van der Waals surface area contributed by atoms with E-state index in [1.807, 2.05) is 43.3 Å². The van der Waals surface area contributed by atoms with Crippen LogP contribution in [-0.2, 0) is 6.54 Å². The second-order valence-corrected chi connectivity index (χ2v) is 5.29. The topological polar surface area (TPSA) is 46.3 Å². The average Bonchev–Trinajstić information content (AvgIpc) is 2.39. The zero-order valence-electron chi connectivity index (χ0n) is 11.6. The molecule has 3 nitrogen and oxygen atoms in total.